The second kappa shape index (κ2) is 11.8. The minimum atomic E-state index is -0.874. The topological polar surface area (TPSA) is 84.9 Å². The molecule has 1 heterocycles. The number of nitrogens with zero attached hydrogens (tertiary/aromatic N) is 1. The Morgan fingerprint density at radius 3 is 2.17 bits per heavy atom. The molecule has 4 aromatic carbocycles. The Balaban J connectivity index is 1.34. The summed E-state index contributed by atoms with van der Waals surface area (Å²) >= 11 is 6.17. The molecule has 4 aromatic rings. The fourth-order valence-electron chi connectivity index (χ4n) is 4.02. The third-order valence-electron chi connectivity index (χ3n) is 6.11. The highest BCUT2D eigenvalue weighted by Crippen LogP contribution is 2.28. The fraction of sp³-hybridized carbons (Fsp3) is 0.0645. The van der Waals surface area contributed by atoms with Gasteiger partial charge in [-0.1, -0.05) is 66.2 Å². The van der Waals surface area contributed by atoms with Crippen LogP contribution in [0.5, 0.6) is 11.5 Å². The van der Waals surface area contributed by atoms with Gasteiger partial charge in [-0.3, -0.25) is 14.9 Å². The maximum atomic E-state index is 14.0. The number of halogens is 2. The number of rotatable bonds is 8. The Morgan fingerprint density at radius 1 is 0.775 bits per heavy atom. The molecule has 7 nitrogen and oxygen atoms in total. The van der Waals surface area contributed by atoms with Crippen LogP contribution in [-0.2, 0) is 22.8 Å². The zero-order valence-corrected chi connectivity index (χ0v) is 21.7. The summed E-state index contributed by atoms with van der Waals surface area (Å²) in [4.78, 5) is 39.5. The number of imide groups is 2. The van der Waals surface area contributed by atoms with Crippen molar-refractivity contribution >= 4 is 41.2 Å². The number of carbonyl (C=O) groups is 3. The number of benzene rings is 4. The van der Waals surface area contributed by atoms with Crippen molar-refractivity contribution in [2.75, 3.05) is 4.90 Å². The lowest BCUT2D eigenvalue weighted by atomic mass is 10.1. The molecule has 0 spiro atoms. The quantitative estimate of drug-likeness (QED) is 0.203. The van der Waals surface area contributed by atoms with Gasteiger partial charge >= 0.3 is 6.03 Å². The molecule has 9 heteroatoms. The number of ether oxygens (including phenoxy) is 2. The van der Waals surface area contributed by atoms with Gasteiger partial charge in [-0.25, -0.2) is 14.1 Å². The monoisotopic (exact) mass is 556 g/mol. The van der Waals surface area contributed by atoms with Gasteiger partial charge in [0.1, 0.15) is 36.1 Å². The zero-order chi connectivity index (χ0) is 28.1. The molecule has 1 fully saturated rings. The van der Waals surface area contributed by atoms with Crippen molar-refractivity contribution in [2.45, 2.75) is 13.2 Å². The third-order valence-corrected chi connectivity index (χ3v) is 6.48. The second-order valence-corrected chi connectivity index (χ2v) is 9.16. The number of anilines is 1. The number of nitrogens with one attached hydrogen (secondary N) is 1. The van der Waals surface area contributed by atoms with Crippen LogP contribution in [0.4, 0.5) is 14.9 Å². The standard InChI is InChI=1S/C31H22ClFN2O5/c32-26-10-4-1-8-21(26)18-39-24-15-13-23(14-16-24)35-30(37)25(29(36)34-31(35)38)17-20-7-3-6-12-28(20)40-19-22-9-2-5-11-27(22)33/h1-17H,18-19H2,(H,34,36,38)/b25-17+. The number of urea groups is 1. The molecule has 0 saturated carbocycles. The first-order valence-corrected chi connectivity index (χ1v) is 12.6. The Bertz CT molecular complexity index is 1620. The Morgan fingerprint density at radius 2 is 1.43 bits per heavy atom. The number of para-hydroxylation sites is 1. The summed E-state index contributed by atoms with van der Waals surface area (Å²) in [5.41, 5.74) is 1.56. The van der Waals surface area contributed by atoms with Crippen molar-refractivity contribution in [3.63, 3.8) is 0 Å². The molecule has 5 rings (SSSR count). The van der Waals surface area contributed by atoms with Crippen LogP contribution in [0, 0.1) is 5.82 Å². The van der Waals surface area contributed by atoms with Gasteiger partial charge in [-0.15, -0.1) is 0 Å². The molecule has 40 heavy (non-hydrogen) atoms. The number of hydrogen-bond donors (Lipinski definition) is 1. The van der Waals surface area contributed by atoms with E-state index in [-0.39, 0.29) is 24.5 Å². The molecule has 4 amide bonds. The summed E-state index contributed by atoms with van der Waals surface area (Å²) < 4.78 is 25.6. The number of hydrogen-bond acceptors (Lipinski definition) is 5. The van der Waals surface area contributed by atoms with Crippen molar-refractivity contribution in [1.82, 2.24) is 5.32 Å². The Hall–Kier alpha value is -4.95. The fourth-order valence-corrected chi connectivity index (χ4v) is 4.21. The molecule has 1 saturated heterocycles. The van der Waals surface area contributed by atoms with E-state index < -0.39 is 23.7 Å². The van der Waals surface area contributed by atoms with Crippen LogP contribution in [0.2, 0.25) is 5.02 Å². The van der Waals surface area contributed by atoms with Crippen LogP contribution in [-0.4, -0.2) is 17.8 Å². The van der Waals surface area contributed by atoms with Gasteiger partial charge in [0.2, 0.25) is 0 Å². The van der Waals surface area contributed by atoms with Crippen LogP contribution >= 0.6 is 11.6 Å². The van der Waals surface area contributed by atoms with Crippen molar-refractivity contribution in [3.05, 3.63) is 130 Å². The minimum absolute atomic E-state index is 0.0531. The SMILES string of the molecule is O=C1NC(=O)N(c2ccc(OCc3ccccc3Cl)cc2)C(=O)/C1=C/c1ccccc1OCc1ccccc1F. The largest absolute Gasteiger partial charge is 0.489 e. The van der Waals surface area contributed by atoms with Gasteiger partial charge < -0.3 is 9.47 Å². The predicted molar refractivity (Wildman–Crippen MR) is 148 cm³/mol. The van der Waals surface area contributed by atoms with Crippen LogP contribution in [0.15, 0.2) is 103 Å². The average molecular weight is 557 g/mol. The first kappa shape index (κ1) is 26.6. The Kier molecular flexibility index (Phi) is 7.89. The van der Waals surface area contributed by atoms with Crippen molar-refractivity contribution in [2.24, 2.45) is 0 Å². The van der Waals surface area contributed by atoms with Gasteiger partial charge in [0.05, 0.1) is 5.69 Å². The molecule has 1 aliphatic heterocycles. The van der Waals surface area contributed by atoms with Crippen LogP contribution in [0.3, 0.4) is 0 Å². The summed E-state index contributed by atoms with van der Waals surface area (Å²) in [5.74, 6) is -1.21. The minimum Gasteiger partial charge on any atom is -0.489 e. The molecule has 1 N–H and O–H groups in total. The molecule has 0 unspecified atom stereocenters. The first-order valence-electron chi connectivity index (χ1n) is 12.2. The summed E-state index contributed by atoms with van der Waals surface area (Å²) in [6.45, 7) is 0.185. The molecule has 1 aliphatic rings. The van der Waals surface area contributed by atoms with E-state index >= 15 is 0 Å². The molecule has 0 bridgehead atoms. The van der Waals surface area contributed by atoms with E-state index in [9.17, 15) is 18.8 Å². The maximum absolute atomic E-state index is 14.0. The van der Waals surface area contributed by atoms with Crippen LogP contribution in [0.25, 0.3) is 6.08 Å². The van der Waals surface area contributed by atoms with Crippen molar-refractivity contribution in [1.29, 1.82) is 0 Å². The third kappa shape index (κ3) is 5.87. The van der Waals surface area contributed by atoms with Gasteiger partial charge in [0.15, 0.2) is 0 Å². The summed E-state index contributed by atoms with van der Waals surface area (Å²) in [5, 5.41) is 2.78. The zero-order valence-electron chi connectivity index (χ0n) is 21.0. The lowest BCUT2D eigenvalue weighted by Gasteiger charge is -2.26. The van der Waals surface area contributed by atoms with Gasteiger partial charge in [0.25, 0.3) is 11.8 Å². The summed E-state index contributed by atoms with van der Waals surface area (Å²) in [6.07, 6.45) is 1.34. The first-order chi connectivity index (χ1) is 19.4. The second-order valence-electron chi connectivity index (χ2n) is 8.75. The molecule has 0 radical (unpaired) electrons. The highest BCUT2D eigenvalue weighted by molar-refractivity contribution is 6.39. The normalized spacial score (nSPS) is 14.3. The van der Waals surface area contributed by atoms with E-state index in [2.05, 4.69) is 5.32 Å². The van der Waals surface area contributed by atoms with Crippen molar-refractivity contribution < 1.29 is 28.2 Å². The molecule has 0 aromatic heterocycles. The van der Waals surface area contributed by atoms with Gasteiger partial charge in [-0.05, 0) is 48.5 Å². The number of amides is 4. The van der Waals surface area contributed by atoms with Crippen LogP contribution < -0.4 is 19.7 Å². The smallest absolute Gasteiger partial charge is 0.335 e. The Labute approximate surface area is 234 Å². The van der Waals surface area contributed by atoms with Crippen LogP contribution in [0.1, 0.15) is 16.7 Å². The average Bonchev–Trinajstić information content (AvgIpc) is 2.95. The van der Waals surface area contributed by atoms with E-state index in [0.717, 1.165) is 10.5 Å². The summed E-state index contributed by atoms with van der Waals surface area (Å²) in [6, 6.07) is 25.7. The molecular weight excluding hydrogens is 535 g/mol. The molecule has 0 atom stereocenters. The number of carbonyl (C=O) groups excluding carboxylic acids is 3. The van der Waals surface area contributed by atoms with E-state index in [1.165, 1.54) is 24.3 Å². The lowest BCUT2D eigenvalue weighted by Crippen LogP contribution is -2.54. The molecule has 0 aliphatic carbocycles. The van der Waals surface area contributed by atoms with E-state index in [0.29, 0.717) is 27.6 Å². The van der Waals surface area contributed by atoms with Crippen molar-refractivity contribution in [3.8, 4) is 11.5 Å². The van der Waals surface area contributed by atoms with Gasteiger partial charge in [-0.2, -0.15) is 0 Å². The summed E-state index contributed by atoms with van der Waals surface area (Å²) in [7, 11) is 0. The highest BCUT2D eigenvalue weighted by Gasteiger charge is 2.37. The van der Waals surface area contributed by atoms with E-state index in [1.54, 1.807) is 60.7 Å². The highest BCUT2D eigenvalue weighted by atomic mass is 35.5. The molecular formula is C31H22ClFN2O5. The lowest BCUT2D eigenvalue weighted by molar-refractivity contribution is -0.122. The molecule has 200 valence electrons. The van der Waals surface area contributed by atoms with E-state index in [1.807, 2.05) is 18.2 Å². The van der Waals surface area contributed by atoms with Gasteiger partial charge in [0, 0.05) is 21.7 Å². The predicted octanol–water partition coefficient (Wildman–Crippen LogP) is 6.30. The number of barbiturate groups is 1. The maximum Gasteiger partial charge on any atom is 0.335 e. The van der Waals surface area contributed by atoms with E-state index in [4.69, 9.17) is 21.1 Å².